The number of piperidine rings is 1. The van der Waals surface area contributed by atoms with Crippen molar-refractivity contribution in [1.82, 2.24) is 4.90 Å². The zero-order valence-electron chi connectivity index (χ0n) is 9.53. The van der Waals surface area contributed by atoms with E-state index in [4.69, 9.17) is 11.6 Å². The van der Waals surface area contributed by atoms with E-state index in [9.17, 15) is 9.18 Å². The molecule has 1 saturated heterocycles. The Morgan fingerprint density at radius 3 is 3.00 bits per heavy atom. The monoisotopic (exact) mass is 255 g/mol. The molecule has 0 amide bonds. The van der Waals surface area contributed by atoms with Crippen LogP contribution >= 0.6 is 11.6 Å². The van der Waals surface area contributed by atoms with Crippen molar-refractivity contribution in [3.8, 4) is 0 Å². The highest BCUT2D eigenvalue weighted by atomic mass is 35.5. The Labute approximate surface area is 105 Å². The maximum atomic E-state index is 13.3. The van der Waals surface area contributed by atoms with Gasteiger partial charge in [-0.2, -0.15) is 0 Å². The summed E-state index contributed by atoms with van der Waals surface area (Å²) in [6.07, 6.45) is 4.08. The summed E-state index contributed by atoms with van der Waals surface area (Å²) in [7, 11) is 0. The molecule has 1 aromatic carbocycles. The average Bonchev–Trinajstić information content (AvgIpc) is 2.34. The summed E-state index contributed by atoms with van der Waals surface area (Å²) in [6, 6.07) is 4.79. The topological polar surface area (TPSA) is 20.3 Å². The molecule has 2 nitrogen and oxygen atoms in total. The fraction of sp³-hybridized carbons (Fsp3) is 0.462. The number of nitrogens with zero attached hydrogens (tertiary/aromatic N) is 1. The molecule has 1 fully saturated rings. The van der Waals surface area contributed by atoms with Crippen LogP contribution in [-0.4, -0.2) is 23.8 Å². The van der Waals surface area contributed by atoms with Crippen molar-refractivity contribution in [3.05, 3.63) is 34.6 Å². The van der Waals surface area contributed by atoms with E-state index in [0.717, 1.165) is 37.7 Å². The van der Waals surface area contributed by atoms with Crippen LogP contribution < -0.4 is 0 Å². The SMILES string of the molecule is O=CC1CCCCN1Cc1ccc(Cl)c(F)c1. The van der Waals surface area contributed by atoms with Crippen molar-refractivity contribution in [2.45, 2.75) is 31.8 Å². The maximum Gasteiger partial charge on any atom is 0.142 e. The molecule has 0 aromatic heterocycles. The van der Waals surface area contributed by atoms with E-state index in [1.54, 1.807) is 6.07 Å². The highest BCUT2D eigenvalue weighted by Crippen LogP contribution is 2.21. The van der Waals surface area contributed by atoms with Crippen LogP contribution in [0.5, 0.6) is 0 Å². The molecule has 0 radical (unpaired) electrons. The summed E-state index contributed by atoms with van der Waals surface area (Å²) in [4.78, 5) is 13.0. The van der Waals surface area contributed by atoms with E-state index in [1.807, 2.05) is 6.07 Å². The normalized spacial score (nSPS) is 21.4. The molecule has 1 unspecified atom stereocenters. The predicted molar refractivity (Wildman–Crippen MR) is 65.5 cm³/mol. The summed E-state index contributed by atoms with van der Waals surface area (Å²) in [6.45, 7) is 1.51. The number of benzene rings is 1. The van der Waals surface area contributed by atoms with Gasteiger partial charge in [-0.25, -0.2) is 4.39 Å². The van der Waals surface area contributed by atoms with Crippen LogP contribution in [0.2, 0.25) is 5.02 Å². The highest BCUT2D eigenvalue weighted by Gasteiger charge is 2.21. The second-order valence-electron chi connectivity index (χ2n) is 4.42. The van der Waals surface area contributed by atoms with Gasteiger partial charge in [0.2, 0.25) is 0 Å². The third kappa shape index (κ3) is 3.05. The van der Waals surface area contributed by atoms with Gasteiger partial charge < -0.3 is 4.79 Å². The Bertz CT molecular complexity index is 410. The molecule has 0 saturated carbocycles. The third-order valence-corrected chi connectivity index (χ3v) is 3.50. The number of carbonyl (C=O) groups is 1. The van der Waals surface area contributed by atoms with Crippen LogP contribution in [0.4, 0.5) is 4.39 Å². The average molecular weight is 256 g/mol. The summed E-state index contributed by atoms with van der Waals surface area (Å²) < 4.78 is 13.3. The molecule has 17 heavy (non-hydrogen) atoms. The van der Waals surface area contributed by atoms with E-state index >= 15 is 0 Å². The molecular weight excluding hydrogens is 241 g/mol. The second kappa shape index (κ2) is 5.61. The first-order chi connectivity index (χ1) is 8.20. The number of aldehydes is 1. The van der Waals surface area contributed by atoms with E-state index in [-0.39, 0.29) is 11.1 Å². The van der Waals surface area contributed by atoms with Gasteiger partial charge in [-0.3, -0.25) is 4.90 Å². The van der Waals surface area contributed by atoms with Crippen LogP contribution in [0.15, 0.2) is 18.2 Å². The fourth-order valence-corrected chi connectivity index (χ4v) is 2.36. The minimum atomic E-state index is -0.399. The quantitative estimate of drug-likeness (QED) is 0.774. The van der Waals surface area contributed by atoms with Gasteiger partial charge in [-0.05, 0) is 37.1 Å². The number of likely N-dealkylation sites (tertiary alicyclic amines) is 1. The highest BCUT2D eigenvalue weighted by molar-refractivity contribution is 6.30. The van der Waals surface area contributed by atoms with Crippen molar-refractivity contribution < 1.29 is 9.18 Å². The van der Waals surface area contributed by atoms with Gasteiger partial charge in [0.15, 0.2) is 0 Å². The summed E-state index contributed by atoms with van der Waals surface area (Å²) >= 11 is 5.63. The van der Waals surface area contributed by atoms with Crippen molar-refractivity contribution >= 4 is 17.9 Å². The summed E-state index contributed by atoms with van der Waals surface area (Å²) in [5.41, 5.74) is 0.862. The molecule has 2 rings (SSSR count). The summed E-state index contributed by atoms with van der Waals surface area (Å²) in [5, 5.41) is 0.138. The zero-order chi connectivity index (χ0) is 12.3. The van der Waals surface area contributed by atoms with Gasteiger partial charge in [0.25, 0.3) is 0 Å². The molecule has 92 valence electrons. The Hall–Kier alpha value is -0.930. The number of rotatable bonds is 3. The lowest BCUT2D eigenvalue weighted by molar-refractivity contribution is -0.113. The molecular formula is C13H15ClFNO. The smallest absolute Gasteiger partial charge is 0.142 e. The van der Waals surface area contributed by atoms with Gasteiger partial charge >= 0.3 is 0 Å². The first-order valence-electron chi connectivity index (χ1n) is 5.84. The Morgan fingerprint density at radius 1 is 1.47 bits per heavy atom. The maximum absolute atomic E-state index is 13.3. The largest absolute Gasteiger partial charge is 0.302 e. The minimum absolute atomic E-state index is 0.0255. The van der Waals surface area contributed by atoms with Gasteiger partial charge in [0, 0.05) is 6.54 Å². The standard InChI is InChI=1S/C13H15ClFNO/c14-12-5-4-10(7-13(12)15)8-16-6-2-1-3-11(16)9-17/h4-5,7,9,11H,1-3,6,8H2. The molecule has 0 bridgehead atoms. The van der Waals surface area contributed by atoms with E-state index in [0.29, 0.717) is 6.54 Å². The van der Waals surface area contributed by atoms with E-state index in [2.05, 4.69) is 4.90 Å². The zero-order valence-corrected chi connectivity index (χ0v) is 10.3. The van der Waals surface area contributed by atoms with Crippen LogP contribution in [0, 0.1) is 5.82 Å². The molecule has 1 heterocycles. The van der Waals surface area contributed by atoms with Crippen molar-refractivity contribution in [3.63, 3.8) is 0 Å². The molecule has 1 aliphatic heterocycles. The molecule has 1 aromatic rings. The fourth-order valence-electron chi connectivity index (χ4n) is 2.24. The third-order valence-electron chi connectivity index (χ3n) is 3.19. The van der Waals surface area contributed by atoms with Crippen LogP contribution in [0.3, 0.4) is 0 Å². The lowest BCUT2D eigenvalue weighted by atomic mass is 10.0. The van der Waals surface area contributed by atoms with Crippen molar-refractivity contribution in [1.29, 1.82) is 0 Å². The molecule has 4 heteroatoms. The lowest BCUT2D eigenvalue weighted by Gasteiger charge is -2.32. The van der Waals surface area contributed by atoms with Crippen molar-refractivity contribution in [2.75, 3.05) is 6.54 Å². The van der Waals surface area contributed by atoms with Gasteiger partial charge in [0.05, 0.1) is 11.1 Å². The Kier molecular flexibility index (Phi) is 4.13. The van der Waals surface area contributed by atoms with Crippen molar-refractivity contribution in [2.24, 2.45) is 0 Å². The molecule has 1 atom stereocenters. The molecule has 0 N–H and O–H groups in total. The molecule has 1 aliphatic rings. The minimum Gasteiger partial charge on any atom is -0.302 e. The van der Waals surface area contributed by atoms with Crippen LogP contribution in [0.25, 0.3) is 0 Å². The van der Waals surface area contributed by atoms with Crippen LogP contribution in [-0.2, 0) is 11.3 Å². The summed E-state index contributed by atoms with van der Waals surface area (Å²) in [5.74, 6) is -0.399. The van der Waals surface area contributed by atoms with E-state index in [1.165, 1.54) is 6.07 Å². The number of halogens is 2. The van der Waals surface area contributed by atoms with Gasteiger partial charge in [-0.1, -0.05) is 24.1 Å². The van der Waals surface area contributed by atoms with E-state index < -0.39 is 5.82 Å². The molecule has 0 spiro atoms. The first kappa shape index (κ1) is 12.5. The van der Waals surface area contributed by atoms with Crippen LogP contribution in [0.1, 0.15) is 24.8 Å². The van der Waals surface area contributed by atoms with Gasteiger partial charge in [0.1, 0.15) is 12.1 Å². The number of carbonyl (C=O) groups excluding carboxylic acids is 1. The Morgan fingerprint density at radius 2 is 2.29 bits per heavy atom. The predicted octanol–water partition coefficient (Wildman–Crippen LogP) is 3.03. The number of hydrogen-bond donors (Lipinski definition) is 0. The lowest BCUT2D eigenvalue weighted by Crippen LogP contribution is -2.39. The van der Waals surface area contributed by atoms with Gasteiger partial charge in [-0.15, -0.1) is 0 Å². The molecule has 0 aliphatic carbocycles. The Balaban J connectivity index is 2.08. The number of hydrogen-bond acceptors (Lipinski definition) is 2. The first-order valence-corrected chi connectivity index (χ1v) is 6.22. The second-order valence-corrected chi connectivity index (χ2v) is 4.83.